The molecule has 0 aromatic carbocycles. The number of likely N-dealkylation sites (tertiary alicyclic amines) is 1. The number of carbonyl (C=O) groups is 2. The molecular weight excluding hydrogens is 180 g/mol. The Kier molecular flexibility index (Phi) is 2.31. The van der Waals surface area contributed by atoms with Crippen LogP contribution in [0.3, 0.4) is 0 Å². The summed E-state index contributed by atoms with van der Waals surface area (Å²) in [6.45, 7) is 4.09. The normalized spacial score (nSPS) is 26.2. The molecule has 2 fully saturated rings. The number of carbonyl (C=O) groups excluding carboxylic acids is 2. The van der Waals surface area contributed by atoms with E-state index in [1.165, 1.54) is 4.90 Å². The monoisotopic (exact) mass is 196 g/mol. The van der Waals surface area contributed by atoms with E-state index in [0.29, 0.717) is 13.0 Å². The average Bonchev–Trinajstić information content (AvgIpc) is 2.40. The zero-order valence-corrected chi connectivity index (χ0v) is 8.51. The highest BCUT2D eigenvalue weighted by molar-refractivity contribution is 6.05. The first-order valence-electron chi connectivity index (χ1n) is 5.25. The third-order valence-corrected chi connectivity index (χ3v) is 3.37. The lowest BCUT2D eigenvalue weighted by Crippen LogP contribution is -2.42. The molecule has 4 heteroatoms. The van der Waals surface area contributed by atoms with Crippen molar-refractivity contribution in [3.05, 3.63) is 0 Å². The lowest BCUT2D eigenvalue weighted by atomic mass is 9.77. The van der Waals surface area contributed by atoms with Crippen molar-refractivity contribution in [2.24, 2.45) is 5.41 Å². The van der Waals surface area contributed by atoms with Crippen LogP contribution in [-0.2, 0) is 9.59 Å². The maximum absolute atomic E-state index is 12.0. The molecule has 2 aliphatic rings. The van der Waals surface area contributed by atoms with Crippen LogP contribution in [0.5, 0.6) is 0 Å². The molecule has 0 unspecified atom stereocenters. The molecule has 0 aromatic rings. The maximum atomic E-state index is 12.0. The smallest absolute Gasteiger partial charge is 0.235 e. The molecule has 2 aliphatic heterocycles. The highest BCUT2D eigenvalue weighted by atomic mass is 16.2. The fourth-order valence-electron chi connectivity index (χ4n) is 2.48. The minimum atomic E-state index is -0.349. The molecular formula is C10H16N2O2. The zero-order chi connectivity index (χ0) is 10.2. The van der Waals surface area contributed by atoms with E-state index in [9.17, 15) is 9.59 Å². The van der Waals surface area contributed by atoms with Crippen molar-refractivity contribution >= 4 is 11.8 Å². The standard InChI is InChI=1S/C10H16N2O2/c1-2-12-8(13)7-10(9(12)14)3-5-11-6-4-10/h11H,2-7H2,1H3. The van der Waals surface area contributed by atoms with Gasteiger partial charge in [0.1, 0.15) is 0 Å². The summed E-state index contributed by atoms with van der Waals surface area (Å²) in [7, 11) is 0. The second-order valence-corrected chi connectivity index (χ2v) is 4.15. The summed E-state index contributed by atoms with van der Waals surface area (Å²) in [6.07, 6.45) is 2.06. The number of piperidine rings is 1. The topological polar surface area (TPSA) is 49.4 Å². The van der Waals surface area contributed by atoms with Gasteiger partial charge in [0.15, 0.2) is 0 Å². The number of hydrogen-bond acceptors (Lipinski definition) is 3. The minimum absolute atomic E-state index is 0.0133. The zero-order valence-electron chi connectivity index (χ0n) is 8.51. The Hall–Kier alpha value is -0.900. The molecule has 1 spiro atoms. The summed E-state index contributed by atoms with van der Waals surface area (Å²) in [5.74, 6) is 0.0749. The van der Waals surface area contributed by atoms with Gasteiger partial charge in [0.25, 0.3) is 0 Å². The van der Waals surface area contributed by atoms with Crippen molar-refractivity contribution in [3.8, 4) is 0 Å². The number of amides is 2. The average molecular weight is 196 g/mol. The Morgan fingerprint density at radius 2 is 2.00 bits per heavy atom. The largest absolute Gasteiger partial charge is 0.317 e. The van der Waals surface area contributed by atoms with Gasteiger partial charge in [-0.25, -0.2) is 0 Å². The Labute approximate surface area is 83.6 Å². The quantitative estimate of drug-likeness (QED) is 0.607. The molecule has 0 aromatic heterocycles. The molecule has 78 valence electrons. The molecule has 0 aliphatic carbocycles. The summed E-state index contributed by atoms with van der Waals surface area (Å²) < 4.78 is 0. The summed E-state index contributed by atoms with van der Waals surface area (Å²) in [5.41, 5.74) is -0.349. The van der Waals surface area contributed by atoms with Gasteiger partial charge in [-0.2, -0.15) is 0 Å². The first-order valence-corrected chi connectivity index (χ1v) is 5.25. The number of nitrogens with one attached hydrogen (secondary N) is 1. The van der Waals surface area contributed by atoms with Gasteiger partial charge >= 0.3 is 0 Å². The predicted octanol–water partition coefficient (Wildman–Crippen LogP) is 0.135. The van der Waals surface area contributed by atoms with Crippen LogP contribution in [0.4, 0.5) is 0 Å². The van der Waals surface area contributed by atoms with Crippen molar-refractivity contribution in [2.75, 3.05) is 19.6 Å². The van der Waals surface area contributed by atoms with Gasteiger partial charge in [-0.3, -0.25) is 14.5 Å². The molecule has 14 heavy (non-hydrogen) atoms. The van der Waals surface area contributed by atoms with E-state index < -0.39 is 0 Å². The predicted molar refractivity (Wildman–Crippen MR) is 51.5 cm³/mol. The van der Waals surface area contributed by atoms with Crippen molar-refractivity contribution < 1.29 is 9.59 Å². The van der Waals surface area contributed by atoms with Gasteiger partial charge < -0.3 is 5.32 Å². The van der Waals surface area contributed by atoms with Crippen LogP contribution in [0.25, 0.3) is 0 Å². The molecule has 0 bridgehead atoms. The maximum Gasteiger partial charge on any atom is 0.235 e. The second kappa shape index (κ2) is 3.35. The van der Waals surface area contributed by atoms with E-state index in [1.54, 1.807) is 0 Å². The van der Waals surface area contributed by atoms with Crippen LogP contribution in [0.1, 0.15) is 26.2 Å². The third-order valence-electron chi connectivity index (χ3n) is 3.37. The van der Waals surface area contributed by atoms with Gasteiger partial charge in [0.05, 0.1) is 5.41 Å². The summed E-state index contributed by atoms with van der Waals surface area (Å²) >= 11 is 0. The second-order valence-electron chi connectivity index (χ2n) is 4.15. The lowest BCUT2D eigenvalue weighted by Gasteiger charge is -2.30. The van der Waals surface area contributed by atoms with Crippen LogP contribution < -0.4 is 5.32 Å². The van der Waals surface area contributed by atoms with Gasteiger partial charge in [-0.15, -0.1) is 0 Å². The molecule has 2 heterocycles. The molecule has 0 atom stereocenters. The fraction of sp³-hybridized carbons (Fsp3) is 0.800. The molecule has 2 amide bonds. The van der Waals surface area contributed by atoms with Crippen LogP contribution >= 0.6 is 0 Å². The van der Waals surface area contributed by atoms with Crippen LogP contribution in [0.2, 0.25) is 0 Å². The Morgan fingerprint density at radius 1 is 1.36 bits per heavy atom. The van der Waals surface area contributed by atoms with E-state index in [4.69, 9.17) is 0 Å². The van der Waals surface area contributed by atoms with Crippen LogP contribution in [-0.4, -0.2) is 36.3 Å². The summed E-state index contributed by atoms with van der Waals surface area (Å²) in [4.78, 5) is 25.0. The van der Waals surface area contributed by atoms with E-state index in [0.717, 1.165) is 25.9 Å². The van der Waals surface area contributed by atoms with E-state index in [1.807, 2.05) is 6.92 Å². The highest BCUT2D eigenvalue weighted by Gasteiger charge is 2.50. The van der Waals surface area contributed by atoms with E-state index in [-0.39, 0.29) is 17.2 Å². The first kappa shape index (κ1) is 9.65. The minimum Gasteiger partial charge on any atom is -0.317 e. The molecule has 0 saturated carbocycles. The Bertz CT molecular complexity index is 269. The SMILES string of the molecule is CCN1C(=O)CC2(CCNCC2)C1=O. The van der Waals surface area contributed by atoms with Crippen LogP contribution in [0, 0.1) is 5.41 Å². The van der Waals surface area contributed by atoms with E-state index >= 15 is 0 Å². The molecule has 4 nitrogen and oxygen atoms in total. The lowest BCUT2D eigenvalue weighted by molar-refractivity contribution is -0.141. The fourth-order valence-corrected chi connectivity index (χ4v) is 2.48. The molecule has 2 rings (SSSR count). The van der Waals surface area contributed by atoms with Gasteiger partial charge in [0.2, 0.25) is 11.8 Å². The van der Waals surface area contributed by atoms with Crippen molar-refractivity contribution in [2.45, 2.75) is 26.2 Å². The summed E-state index contributed by atoms with van der Waals surface area (Å²) in [6, 6.07) is 0. The first-order chi connectivity index (χ1) is 6.69. The summed E-state index contributed by atoms with van der Waals surface area (Å²) in [5, 5.41) is 3.22. The van der Waals surface area contributed by atoms with E-state index in [2.05, 4.69) is 5.32 Å². The van der Waals surface area contributed by atoms with Crippen molar-refractivity contribution in [1.82, 2.24) is 10.2 Å². The third kappa shape index (κ3) is 1.25. The van der Waals surface area contributed by atoms with Gasteiger partial charge in [-0.05, 0) is 32.9 Å². The Balaban J connectivity index is 2.21. The van der Waals surface area contributed by atoms with Crippen molar-refractivity contribution in [1.29, 1.82) is 0 Å². The molecule has 0 radical (unpaired) electrons. The number of rotatable bonds is 1. The molecule has 2 saturated heterocycles. The van der Waals surface area contributed by atoms with Gasteiger partial charge in [-0.1, -0.05) is 0 Å². The number of nitrogens with zero attached hydrogens (tertiary/aromatic N) is 1. The molecule has 1 N–H and O–H groups in total. The van der Waals surface area contributed by atoms with Crippen LogP contribution in [0.15, 0.2) is 0 Å². The van der Waals surface area contributed by atoms with Gasteiger partial charge in [0, 0.05) is 13.0 Å². The number of imide groups is 1. The highest BCUT2D eigenvalue weighted by Crippen LogP contribution is 2.40. The number of hydrogen-bond donors (Lipinski definition) is 1. The van der Waals surface area contributed by atoms with Crippen molar-refractivity contribution in [3.63, 3.8) is 0 Å². The Morgan fingerprint density at radius 3 is 2.50 bits per heavy atom.